The highest BCUT2D eigenvalue weighted by Gasteiger charge is 2.52. The van der Waals surface area contributed by atoms with Crippen molar-refractivity contribution >= 4 is 6.09 Å². The lowest BCUT2D eigenvalue weighted by Gasteiger charge is -2.53. The first-order valence-corrected chi connectivity index (χ1v) is 13.7. The number of ether oxygens (including phenoxy) is 5. The van der Waals surface area contributed by atoms with Gasteiger partial charge in [0.15, 0.2) is 0 Å². The molecule has 11 heteroatoms. The smallest absolute Gasteiger partial charge is 0.410 e. The predicted molar refractivity (Wildman–Crippen MR) is 137 cm³/mol. The van der Waals surface area contributed by atoms with E-state index in [9.17, 15) is 25.2 Å². The monoisotopic (exact) mass is 551 g/mol. The number of amides is 1. The van der Waals surface area contributed by atoms with Crippen molar-refractivity contribution in [1.29, 1.82) is 0 Å². The Kier molecular flexibility index (Phi) is 7.53. The third kappa shape index (κ3) is 5.57. The first-order valence-electron chi connectivity index (χ1n) is 13.7. The second kappa shape index (κ2) is 10.4. The van der Waals surface area contributed by atoms with E-state index in [1.54, 1.807) is 17.0 Å². The van der Waals surface area contributed by atoms with Crippen molar-refractivity contribution < 1.29 is 48.9 Å². The molecule has 3 fully saturated rings. The number of piperidine rings is 1. The van der Waals surface area contributed by atoms with Crippen LogP contribution in [0.5, 0.6) is 11.5 Å². The zero-order valence-electron chi connectivity index (χ0n) is 23.1. The summed E-state index contributed by atoms with van der Waals surface area (Å²) in [5.74, 6) is 1.16. The van der Waals surface area contributed by atoms with E-state index in [0.717, 1.165) is 18.4 Å². The summed E-state index contributed by atoms with van der Waals surface area (Å²) >= 11 is 0. The van der Waals surface area contributed by atoms with E-state index < -0.39 is 48.5 Å². The summed E-state index contributed by atoms with van der Waals surface area (Å²) in [6, 6.07) is 5.30. The molecule has 0 aliphatic carbocycles. The highest BCUT2D eigenvalue weighted by atomic mass is 16.7. The summed E-state index contributed by atoms with van der Waals surface area (Å²) in [4.78, 5) is 14.5. The quantitative estimate of drug-likeness (QED) is 0.438. The zero-order valence-corrected chi connectivity index (χ0v) is 23.1. The lowest BCUT2D eigenvalue weighted by Crippen LogP contribution is -2.60. The fourth-order valence-electron chi connectivity index (χ4n) is 6.15. The Morgan fingerprint density at radius 2 is 1.87 bits per heavy atom. The molecule has 1 amide bonds. The van der Waals surface area contributed by atoms with Gasteiger partial charge in [0.2, 0.25) is 6.29 Å². The Morgan fingerprint density at radius 3 is 2.56 bits per heavy atom. The van der Waals surface area contributed by atoms with Crippen LogP contribution in [0.3, 0.4) is 0 Å². The summed E-state index contributed by atoms with van der Waals surface area (Å²) in [5.41, 5.74) is -0.219. The van der Waals surface area contributed by atoms with Gasteiger partial charge >= 0.3 is 6.09 Å². The molecule has 39 heavy (non-hydrogen) atoms. The van der Waals surface area contributed by atoms with Crippen LogP contribution in [-0.4, -0.2) is 99.1 Å². The molecular weight excluding hydrogens is 510 g/mol. The molecule has 4 N–H and O–H groups in total. The summed E-state index contributed by atoms with van der Waals surface area (Å²) in [5, 5.41) is 39.9. The molecule has 0 bridgehead atoms. The fourth-order valence-corrected chi connectivity index (χ4v) is 6.15. The van der Waals surface area contributed by atoms with Crippen LogP contribution in [-0.2, 0) is 14.2 Å². The number of fused-ring (bicyclic) bond motifs is 4. The third-order valence-electron chi connectivity index (χ3n) is 8.22. The largest absolute Gasteiger partial charge is 0.487 e. The summed E-state index contributed by atoms with van der Waals surface area (Å²) in [6.45, 7) is 10.3. The van der Waals surface area contributed by atoms with E-state index in [1.807, 2.05) is 40.7 Å². The first-order chi connectivity index (χ1) is 18.3. The minimum absolute atomic E-state index is 0.0109. The average Bonchev–Trinajstić information content (AvgIpc) is 2.86. The Bertz CT molecular complexity index is 1060. The maximum atomic E-state index is 12.7. The molecule has 4 aliphatic rings. The first kappa shape index (κ1) is 28.4. The van der Waals surface area contributed by atoms with Crippen LogP contribution in [0.15, 0.2) is 18.2 Å². The molecular formula is C28H41NO10. The van der Waals surface area contributed by atoms with Gasteiger partial charge < -0.3 is 49.0 Å². The van der Waals surface area contributed by atoms with Gasteiger partial charge in [0.25, 0.3) is 0 Å². The van der Waals surface area contributed by atoms with Crippen molar-refractivity contribution in [3.63, 3.8) is 0 Å². The summed E-state index contributed by atoms with van der Waals surface area (Å²) in [6.07, 6.45) is -5.76. The number of nitrogens with zero attached hydrogens (tertiary/aromatic N) is 1. The van der Waals surface area contributed by atoms with Crippen LogP contribution in [0.1, 0.15) is 59.1 Å². The Hall–Kier alpha value is -2.15. The van der Waals surface area contributed by atoms with Crippen molar-refractivity contribution in [3.05, 3.63) is 23.8 Å². The van der Waals surface area contributed by atoms with Crippen LogP contribution in [0.2, 0.25) is 0 Å². The minimum Gasteiger partial charge on any atom is -0.487 e. The van der Waals surface area contributed by atoms with E-state index in [0.29, 0.717) is 24.6 Å². The fraction of sp³-hybridized carbons (Fsp3) is 0.750. The lowest BCUT2D eigenvalue weighted by molar-refractivity contribution is -0.277. The molecule has 0 aromatic heterocycles. The van der Waals surface area contributed by atoms with Gasteiger partial charge in [-0.2, -0.15) is 0 Å². The van der Waals surface area contributed by atoms with E-state index in [1.165, 1.54) is 0 Å². The maximum absolute atomic E-state index is 12.7. The van der Waals surface area contributed by atoms with Gasteiger partial charge in [-0.1, -0.05) is 0 Å². The SMILES string of the molecule is CC(C)(C)OC(=O)N1CC[C@@H]2O[C@@H]3c4ccc(O[C@@H]5O[C@H](CO)[C@@H](O)[C@H](O)[C@H]5O)cc4OC(C)(C)[C@H]3C[C@@H]2C1. The number of likely N-dealkylation sites (tertiary alicyclic amines) is 1. The maximum Gasteiger partial charge on any atom is 0.410 e. The number of aliphatic hydroxyl groups is 4. The van der Waals surface area contributed by atoms with Crippen LogP contribution in [0, 0.1) is 11.8 Å². The van der Waals surface area contributed by atoms with Crippen LogP contribution < -0.4 is 9.47 Å². The van der Waals surface area contributed by atoms with Gasteiger partial charge in [-0.25, -0.2) is 4.79 Å². The number of benzene rings is 1. The molecule has 0 spiro atoms. The van der Waals surface area contributed by atoms with Crippen LogP contribution in [0.25, 0.3) is 0 Å². The predicted octanol–water partition coefficient (Wildman–Crippen LogP) is 1.74. The molecule has 0 saturated carbocycles. The highest BCUT2D eigenvalue weighted by molar-refractivity contribution is 5.68. The number of rotatable bonds is 3. The molecule has 9 atom stereocenters. The number of hydrogen-bond acceptors (Lipinski definition) is 10. The number of aliphatic hydroxyl groups excluding tert-OH is 4. The van der Waals surface area contributed by atoms with Crippen molar-refractivity contribution in [2.24, 2.45) is 11.8 Å². The zero-order chi connectivity index (χ0) is 28.3. The van der Waals surface area contributed by atoms with Crippen LogP contribution in [0.4, 0.5) is 4.79 Å². The standard InChI is InChI=1S/C28H41NO10/c1-27(2,3)39-26(34)29-9-8-18-14(12-29)10-17-24(36-18)16-7-6-15(11-19(16)38-28(17,4)5)35-25-23(33)22(32)21(31)20(13-30)37-25/h6-7,11,14,17-18,20-25,30-33H,8-10,12-13H2,1-5H3/t14-,17+,18+,20-,21-,22+,23-,24-,25-/m1/s1. The molecule has 218 valence electrons. The number of carbonyl (C=O) groups excluding carboxylic acids is 1. The van der Waals surface area contributed by atoms with Crippen molar-refractivity contribution in [1.82, 2.24) is 4.90 Å². The molecule has 1 aromatic rings. The van der Waals surface area contributed by atoms with E-state index in [4.69, 9.17) is 23.7 Å². The van der Waals surface area contributed by atoms with E-state index in [2.05, 4.69) is 0 Å². The minimum atomic E-state index is -1.53. The molecule has 4 aliphatic heterocycles. The Labute approximate surface area is 228 Å². The molecule has 1 aromatic carbocycles. The normalized spacial score (nSPS) is 37.6. The van der Waals surface area contributed by atoms with E-state index in [-0.39, 0.29) is 30.1 Å². The molecule has 0 radical (unpaired) electrons. The van der Waals surface area contributed by atoms with Gasteiger partial charge in [-0.15, -0.1) is 0 Å². The molecule has 4 heterocycles. The third-order valence-corrected chi connectivity index (χ3v) is 8.22. The van der Waals surface area contributed by atoms with Crippen LogP contribution >= 0.6 is 0 Å². The van der Waals surface area contributed by atoms with Crippen molar-refractivity contribution in [3.8, 4) is 11.5 Å². The Morgan fingerprint density at radius 1 is 1.13 bits per heavy atom. The number of carbonyl (C=O) groups is 1. The van der Waals surface area contributed by atoms with Gasteiger partial charge in [0.1, 0.15) is 47.1 Å². The van der Waals surface area contributed by atoms with Gasteiger partial charge in [0.05, 0.1) is 18.8 Å². The van der Waals surface area contributed by atoms with Gasteiger partial charge in [-0.3, -0.25) is 0 Å². The molecule has 3 saturated heterocycles. The average molecular weight is 552 g/mol. The summed E-state index contributed by atoms with van der Waals surface area (Å²) < 4.78 is 30.0. The van der Waals surface area contributed by atoms with Crippen molar-refractivity contribution in [2.75, 3.05) is 19.7 Å². The Balaban J connectivity index is 1.31. The number of hydrogen-bond donors (Lipinski definition) is 4. The lowest BCUT2D eigenvalue weighted by atomic mass is 9.70. The molecule has 11 nitrogen and oxygen atoms in total. The van der Waals surface area contributed by atoms with E-state index >= 15 is 0 Å². The topological polar surface area (TPSA) is 147 Å². The highest BCUT2D eigenvalue weighted by Crippen LogP contribution is 2.53. The van der Waals surface area contributed by atoms with Gasteiger partial charge in [-0.05, 0) is 59.6 Å². The second-order valence-electron chi connectivity index (χ2n) is 12.6. The molecule has 0 unspecified atom stereocenters. The second-order valence-corrected chi connectivity index (χ2v) is 12.6. The van der Waals surface area contributed by atoms with Crippen molar-refractivity contribution in [2.45, 2.75) is 102 Å². The molecule has 5 rings (SSSR count). The summed E-state index contributed by atoms with van der Waals surface area (Å²) in [7, 11) is 0. The van der Waals surface area contributed by atoms with Gasteiger partial charge in [0, 0.05) is 36.6 Å².